The fourth-order valence-electron chi connectivity index (χ4n) is 2.55. The molecule has 1 aromatic carbocycles. The first-order valence-corrected chi connectivity index (χ1v) is 9.87. The van der Waals surface area contributed by atoms with Gasteiger partial charge in [0, 0.05) is 18.4 Å². The Morgan fingerprint density at radius 3 is 2.59 bits per heavy atom. The molecule has 0 bridgehead atoms. The molecule has 0 fully saturated rings. The van der Waals surface area contributed by atoms with Gasteiger partial charge in [-0.2, -0.15) is 0 Å². The standard InChI is InChI=1S/C20H19NO7S/c22-14(13-4-6-15-16(11-13)27-9-2-8-26-15)5-7-19(24)28-12-18(23)21-20(25)17-3-1-10-29-17/h1,3-4,6,10-11H,2,5,7-9,12H2,(H,21,23,25). The molecule has 0 saturated heterocycles. The van der Waals surface area contributed by atoms with Crippen molar-refractivity contribution in [2.24, 2.45) is 0 Å². The lowest BCUT2D eigenvalue weighted by Crippen LogP contribution is -2.33. The molecule has 8 nitrogen and oxygen atoms in total. The van der Waals surface area contributed by atoms with Crippen LogP contribution in [0.2, 0.25) is 0 Å². The normalized spacial score (nSPS) is 12.6. The molecular formula is C20H19NO7S. The Morgan fingerprint density at radius 1 is 1.03 bits per heavy atom. The number of ether oxygens (including phenoxy) is 3. The van der Waals surface area contributed by atoms with E-state index in [0.29, 0.717) is 35.2 Å². The average molecular weight is 417 g/mol. The molecule has 1 aliphatic heterocycles. The number of thiophene rings is 1. The predicted octanol–water partition coefficient (Wildman–Crippen LogP) is 2.37. The number of hydrogen-bond acceptors (Lipinski definition) is 8. The second-order valence-corrected chi connectivity index (χ2v) is 7.10. The van der Waals surface area contributed by atoms with Crippen LogP contribution in [0.4, 0.5) is 0 Å². The van der Waals surface area contributed by atoms with Gasteiger partial charge >= 0.3 is 5.97 Å². The molecule has 0 spiro atoms. The van der Waals surface area contributed by atoms with Gasteiger partial charge in [0.15, 0.2) is 23.9 Å². The largest absolute Gasteiger partial charge is 0.490 e. The highest BCUT2D eigenvalue weighted by molar-refractivity contribution is 7.12. The number of carbonyl (C=O) groups is 4. The van der Waals surface area contributed by atoms with Crippen LogP contribution in [0.5, 0.6) is 11.5 Å². The molecule has 152 valence electrons. The Hall–Kier alpha value is -3.20. The minimum absolute atomic E-state index is 0.0752. The third-order valence-corrected chi connectivity index (χ3v) is 4.86. The molecule has 2 aromatic rings. The number of Topliss-reactive ketones (excluding diaryl/α,β-unsaturated/α-hetero) is 1. The molecule has 1 N–H and O–H groups in total. The van der Waals surface area contributed by atoms with E-state index in [2.05, 4.69) is 5.32 Å². The lowest BCUT2D eigenvalue weighted by Gasteiger charge is -2.09. The number of amides is 2. The van der Waals surface area contributed by atoms with Crippen LogP contribution in [0.3, 0.4) is 0 Å². The van der Waals surface area contributed by atoms with Crippen molar-refractivity contribution in [1.82, 2.24) is 5.32 Å². The van der Waals surface area contributed by atoms with Crippen molar-refractivity contribution < 1.29 is 33.4 Å². The Labute approximate surface area is 170 Å². The molecule has 9 heteroatoms. The van der Waals surface area contributed by atoms with Crippen molar-refractivity contribution in [2.75, 3.05) is 19.8 Å². The zero-order valence-corrected chi connectivity index (χ0v) is 16.3. The number of benzene rings is 1. The molecule has 3 rings (SSSR count). The van der Waals surface area contributed by atoms with Crippen LogP contribution in [0.1, 0.15) is 39.3 Å². The number of carbonyl (C=O) groups excluding carboxylic acids is 4. The highest BCUT2D eigenvalue weighted by Crippen LogP contribution is 2.30. The van der Waals surface area contributed by atoms with E-state index >= 15 is 0 Å². The van der Waals surface area contributed by atoms with E-state index in [0.717, 1.165) is 6.42 Å². The Bertz CT molecular complexity index is 908. The van der Waals surface area contributed by atoms with Crippen molar-refractivity contribution >= 4 is 34.9 Å². The summed E-state index contributed by atoms with van der Waals surface area (Å²) in [7, 11) is 0. The van der Waals surface area contributed by atoms with Gasteiger partial charge in [0.2, 0.25) is 0 Å². The number of rotatable bonds is 7. The number of imide groups is 1. The quantitative estimate of drug-likeness (QED) is 0.544. The molecule has 1 aliphatic rings. The smallest absolute Gasteiger partial charge is 0.306 e. The molecule has 2 amide bonds. The second-order valence-electron chi connectivity index (χ2n) is 6.15. The number of ketones is 1. The fraction of sp³-hybridized carbons (Fsp3) is 0.300. The molecule has 0 aliphatic carbocycles. The summed E-state index contributed by atoms with van der Waals surface area (Å²) in [5.74, 6) is -1.15. The topological polar surface area (TPSA) is 108 Å². The van der Waals surface area contributed by atoms with E-state index in [1.807, 2.05) is 0 Å². The summed E-state index contributed by atoms with van der Waals surface area (Å²) in [5, 5.41) is 3.83. The third kappa shape index (κ3) is 5.89. The molecule has 0 saturated carbocycles. The van der Waals surface area contributed by atoms with E-state index in [9.17, 15) is 19.2 Å². The first kappa shape index (κ1) is 20.5. The SMILES string of the molecule is O=C(COC(=O)CCC(=O)c1ccc2c(c1)OCCCO2)NC(=O)c1cccs1. The summed E-state index contributed by atoms with van der Waals surface area (Å²) >= 11 is 1.19. The number of hydrogen-bond donors (Lipinski definition) is 1. The summed E-state index contributed by atoms with van der Waals surface area (Å²) in [4.78, 5) is 47.9. The summed E-state index contributed by atoms with van der Waals surface area (Å²) in [6, 6.07) is 8.14. The van der Waals surface area contributed by atoms with Gasteiger partial charge in [-0.15, -0.1) is 11.3 Å². The van der Waals surface area contributed by atoms with Crippen LogP contribution in [0.25, 0.3) is 0 Å². The van der Waals surface area contributed by atoms with Gasteiger partial charge < -0.3 is 14.2 Å². The second kappa shape index (κ2) is 9.83. The minimum Gasteiger partial charge on any atom is -0.490 e. The van der Waals surface area contributed by atoms with E-state index < -0.39 is 24.4 Å². The van der Waals surface area contributed by atoms with Gasteiger partial charge in [0.05, 0.1) is 24.5 Å². The van der Waals surface area contributed by atoms with Crippen molar-refractivity contribution in [3.63, 3.8) is 0 Å². The van der Waals surface area contributed by atoms with Crippen LogP contribution in [0.15, 0.2) is 35.7 Å². The van der Waals surface area contributed by atoms with Gasteiger partial charge in [-0.05, 0) is 29.6 Å². The number of fused-ring (bicyclic) bond motifs is 1. The molecule has 1 aromatic heterocycles. The molecule has 2 heterocycles. The predicted molar refractivity (Wildman–Crippen MR) is 103 cm³/mol. The van der Waals surface area contributed by atoms with Gasteiger partial charge in [-0.3, -0.25) is 24.5 Å². The highest BCUT2D eigenvalue weighted by Gasteiger charge is 2.17. The van der Waals surface area contributed by atoms with Gasteiger partial charge in [-0.1, -0.05) is 6.07 Å². The van der Waals surface area contributed by atoms with Crippen molar-refractivity contribution in [2.45, 2.75) is 19.3 Å². The molecule has 29 heavy (non-hydrogen) atoms. The lowest BCUT2D eigenvalue weighted by molar-refractivity contribution is -0.148. The third-order valence-electron chi connectivity index (χ3n) is 3.99. The monoisotopic (exact) mass is 417 g/mol. The Kier molecular flexibility index (Phi) is 6.96. The maximum absolute atomic E-state index is 12.3. The molecule has 0 radical (unpaired) electrons. The van der Waals surface area contributed by atoms with Crippen LogP contribution in [-0.2, 0) is 14.3 Å². The first-order chi connectivity index (χ1) is 14.0. The van der Waals surface area contributed by atoms with Crippen molar-refractivity contribution in [1.29, 1.82) is 0 Å². The van der Waals surface area contributed by atoms with E-state index in [-0.39, 0.29) is 18.6 Å². The molecule has 0 unspecified atom stereocenters. The maximum atomic E-state index is 12.3. The number of esters is 1. The van der Waals surface area contributed by atoms with Gasteiger partial charge in [-0.25, -0.2) is 0 Å². The highest BCUT2D eigenvalue weighted by atomic mass is 32.1. The zero-order valence-electron chi connectivity index (χ0n) is 15.5. The minimum atomic E-state index is -0.731. The van der Waals surface area contributed by atoms with E-state index in [4.69, 9.17) is 14.2 Å². The van der Waals surface area contributed by atoms with Crippen LogP contribution in [-0.4, -0.2) is 43.4 Å². The maximum Gasteiger partial charge on any atom is 0.306 e. The van der Waals surface area contributed by atoms with Crippen LogP contribution in [0, 0.1) is 0 Å². The molecular weight excluding hydrogens is 398 g/mol. The van der Waals surface area contributed by atoms with Crippen molar-refractivity contribution in [3.05, 3.63) is 46.2 Å². The van der Waals surface area contributed by atoms with Crippen LogP contribution < -0.4 is 14.8 Å². The summed E-state index contributed by atoms with van der Waals surface area (Å²) < 4.78 is 15.9. The van der Waals surface area contributed by atoms with Gasteiger partial charge in [0.1, 0.15) is 0 Å². The van der Waals surface area contributed by atoms with Gasteiger partial charge in [0.25, 0.3) is 11.8 Å². The zero-order chi connectivity index (χ0) is 20.6. The van der Waals surface area contributed by atoms with Crippen molar-refractivity contribution in [3.8, 4) is 11.5 Å². The molecule has 0 atom stereocenters. The Morgan fingerprint density at radius 2 is 1.83 bits per heavy atom. The average Bonchev–Trinajstić information content (AvgIpc) is 3.16. The number of nitrogens with one attached hydrogen (secondary N) is 1. The summed E-state index contributed by atoms with van der Waals surface area (Å²) in [6.07, 6.45) is 0.504. The Balaban J connectivity index is 1.42. The van der Waals surface area contributed by atoms with E-state index in [1.54, 1.807) is 35.7 Å². The lowest BCUT2D eigenvalue weighted by atomic mass is 10.1. The summed E-state index contributed by atoms with van der Waals surface area (Å²) in [5.41, 5.74) is 0.404. The van der Waals surface area contributed by atoms with E-state index in [1.165, 1.54) is 11.3 Å². The van der Waals surface area contributed by atoms with Crippen LogP contribution >= 0.6 is 11.3 Å². The first-order valence-electron chi connectivity index (χ1n) is 8.99. The summed E-state index contributed by atoms with van der Waals surface area (Å²) in [6.45, 7) is 0.473. The fourth-order valence-corrected chi connectivity index (χ4v) is 3.17.